The number of aromatic carboxylic acids is 1. The summed E-state index contributed by atoms with van der Waals surface area (Å²) in [6.07, 6.45) is 0. The second-order valence-corrected chi connectivity index (χ2v) is 7.29. The summed E-state index contributed by atoms with van der Waals surface area (Å²) in [4.78, 5) is 16.3. The standard InChI is InChI=1S/C25H22N2O6/c1-14-23(19-13-16(32-2)9-11-21(19)29)26-24(17-6-4-5-7-20(17)28)27(14)15-8-10-18(25(30)31)22(12-15)33-3/h4-13,28-29H,1-3H3,(H,30,31). The van der Waals surface area contributed by atoms with Gasteiger partial charge in [0.2, 0.25) is 0 Å². The Morgan fingerprint density at radius 2 is 1.64 bits per heavy atom. The van der Waals surface area contributed by atoms with Crippen molar-refractivity contribution in [1.29, 1.82) is 0 Å². The molecule has 0 aliphatic heterocycles. The number of aromatic nitrogens is 2. The van der Waals surface area contributed by atoms with Crippen molar-refractivity contribution in [3.63, 3.8) is 0 Å². The van der Waals surface area contributed by atoms with Crippen LogP contribution in [0.15, 0.2) is 60.7 Å². The van der Waals surface area contributed by atoms with Gasteiger partial charge < -0.3 is 24.8 Å². The van der Waals surface area contributed by atoms with Crippen LogP contribution < -0.4 is 9.47 Å². The van der Waals surface area contributed by atoms with Gasteiger partial charge in [-0.3, -0.25) is 4.57 Å². The Morgan fingerprint density at radius 1 is 0.909 bits per heavy atom. The molecular formula is C25H22N2O6. The average molecular weight is 446 g/mol. The molecule has 4 rings (SSSR count). The summed E-state index contributed by atoms with van der Waals surface area (Å²) in [5.41, 5.74) is 2.65. The number of carbonyl (C=O) groups is 1. The molecule has 0 radical (unpaired) electrons. The highest BCUT2D eigenvalue weighted by atomic mass is 16.5. The summed E-state index contributed by atoms with van der Waals surface area (Å²) in [5.74, 6) is 0.0811. The Labute approximate surface area is 189 Å². The number of aromatic hydroxyl groups is 2. The minimum absolute atomic E-state index is 0.0196. The number of hydrogen-bond donors (Lipinski definition) is 3. The molecule has 4 aromatic rings. The summed E-state index contributed by atoms with van der Waals surface area (Å²) < 4.78 is 12.4. The first-order valence-electron chi connectivity index (χ1n) is 10.0. The first-order chi connectivity index (χ1) is 15.8. The van der Waals surface area contributed by atoms with Crippen molar-refractivity contribution in [2.24, 2.45) is 0 Å². The number of carboxylic acid groups (broad SMARTS) is 1. The van der Waals surface area contributed by atoms with Crippen molar-refractivity contribution in [3.05, 3.63) is 71.9 Å². The van der Waals surface area contributed by atoms with Crippen LogP contribution in [0.1, 0.15) is 16.1 Å². The van der Waals surface area contributed by atoms with Crippen molar-refractivity contribution < 1.29 is 29.6 Å². The van der Waals surface area contributed by atoms with Gasteiger partial charge in [-0.25, -0.2) is 9.78 Å². The third-order valence-corrected chi connectivity index (χ3v) is 5.39. The molecule has 8 nitrogen and oxygen atoms in total. The van der Waals surface area contributed by atoms with Gasteiger partial charge in [0.25, 0.3) is 0 Å². The molecule has 0 bridgehead atoms. The van der Waals surface area contributed by atoms with E-state index in [-0.39, 0.29) is 22.8 Å². The van der Waals surface area contributed by atoms with E-state index in [9.17, 15) is 20.1 Å². The number of imidazole rings is 1. The fourth-order valence-corrected chi connectivity index (χ4v) is 3.74. The molecule has 0 spiro atoms. The van der Waals surface area contributed by atoms with Gasteiger partial charge in [0, 0.05) is 17.3 Å². The number of para-hydroxylation sites is 1. The van der Waals surface area contributed by atoms with E-state index >= 15 is 0 Å². The quantitative estimate of drug-likeness (QED) is 0.395. The van der Waals surface area contributed by atoms with E-state index in [0.29, 0.717) is 39.8 Å². The van der Waals surface area contributed by atoms with Gasteiger partial charge in [-0.2, -0.15) is 0 Å². The second-order valence-electron chi connectivity index (χ2n) is 7.29. The van der Waals surface area contributed by atoms with Crippen LogP contribution in [-0.2, 0) is 0 Å². The van der Waals surface area contributed by atoms with Crippen LogP contribution in [0.4, 0.5) is 0 Å². The van der Waals surface area contributed by atoms with E-state index in [1.807, 2.05) is 6.92 Å². The highest BCUT2D eigenvalue weighted by Crippen LogP contribution is 2.40. The summed E-state index contributed by atoms with van der Waals surface area (Å²) >= 11 is 0. The van der Waals surface area contributed by atoms with Crippen molar-refractivity contribution in [2.45, 2.75) is 6.92 Å². The molecule has 0 saturated carbocycles. The van der Waals surface area contributed by atoms with E-state index < -0.39 is 5.97 Å². The van der Waals surface area contributed by atoms with Gasteiger partial charge in [0.05, 0.1) is 31.2 Å². The number of benzene rings is 3. The lowest BCUT2D eigenvalue weighted by molar-refractivity contribution is 0.0693. The molecule has 0 unspecified atom stereocenters. The first-order valence-corrected chi connectivity index (χ1v) is 10.0. The molecule has 1 aromatic heterocycles. The maximum atomic E-state index is 11.5. The molecule has 0 aliphatic rings. The lowest BCUT2D eigenvalue weighted by Gasteiger charge is -2.14. The Hall–Kier alpha value is -4.46. The molecular weight excluding hydrogens is 424 g/mol. The van der Waals surface area contributed by atoms with E-state index in [0.717, 1.165) is 0 Å². The number of ether oxygens (including phenoxy) is 2. The molecule has 3 N–H and O–H groups in total. The van der Waals surface area contributed by atoms with Gasteiger partial charge in [0.1, 0.15) is 34.4 Å². The van der Waals surface area contributed by atoms with Crippen LogP contribution in [0.2, 0.25) is 0 Å². The van der Waals surface area contributed by atoms with Gasteiger partial charge in [-0.1, -0.05) is 12.1 Å². The van der Waals surface area contributed by atoms with Gasteiger partial charge in [-0.05, 0) is 49.4 Å². The van der Waals surface area contributed by atoms with Gasteiger partial charge >= 0.3 is 5.97 Å². The number of methoxy groups -OCH3 is 2. The third-order valence-electron chi connectivity index (χ3n) is 5.39. The summed E-state index contributed by atoms with van der Waals surface area (Å²) in [7, 11) is 2.93. The minimum atomic E-state index is -1.11. The van der Waals surface area contributed by atoms with Gasteiger partial charge in [0.15, 0.2) is 0 Å². The predicted molar refractivity (Wildman–Crippen MR) is 123 cm³/mol. The zero-order valence-electron chi connectivity index (χ0n) is 18.2. The number of hydrogen-bond acceptors (Lipinski definition) is 6. The number of phenolic OH excluding ortho intramolecular Hbond substituents is 2. The van der Waals surface area contributed by atoms with Crippen molar-refractivity contribution in [3.8, 4) is 51.3 Å². The number of nitrogens with zero attached hydrogens (tertiary/aromatic N) is 2. The Balaban J connectivity index is 2.03. The third kappa shape index (κ3) is 3.82. The molecule has 3 aromatic carbocycles. The zero-order chi connectivity index (χ0) is 23.7. The van der Waals surface area contributed by atoms with Crippen molar-refractivity contribution >= 4 is 5.97 Å². The largest absolute Gasteiger partial charge is 0.507 e. The van der Waals surface area contributed by atoms with Gasteiger partial charge in [-0.15, -0.1) is 0 Å². The average Bonchev–Trinajstić information content (AvgIpc) is 3.15. The van der Waals surface area contributed by atoms with Crippen LogP contribution in [0.3, 0.4) is 0 Å². The Bertz CT molecular complexity index is 1360. The normalized spacial score (nSPS) is 10.8. The van der Waals surface area contributed by atoms with Crippen molar-refractivity contribution in [1.82, 2.24) is 9.55 Å². The first kappa shape index (κ1) is 21.8. The van der Waals surface area contributed by atoms with E-state index in [1.54, 1.807) is 53.1 Å². The number of rotatable bonds is 6. The van der Waals surface area contributed by atoms with Crippen LogP contribution in [0.25, 0.3) is 28.3 Å². The Kier molecular flexibility index (Phi) is 5.66. The summed E-state index contributed by atoms with van der Waals surface area (Å²) in [6, 6.07) is 16.3. The zero-order valence-corrected chi connectivity index (χ0v) is 18.2. The molecule has 0 amide bonds. The second kappa shape index (κ2) is 8.58. The SMILES string of the molecule is COc1ccc(O)c(-c2nc(-c3ccccc3O)n(-c3ccc(C(=O)O)c(OC)c3)c2C)c1. The molecule has 1 heterocycles. The van der Waals surface area contributed by atoms with E-state index in [4.69, 9.17) is 14.5 Å². The molecule has 168 valence electrons. The lowest BCUT2D eigenvalue weighted by atomic mass is 10.1. The van der Waals surface area contributed by atoms with Crippen LogP contribution in [-0.4, -0.2) is 45.1 Å². The lowest BCUT2D eigenvalue weighted by Crippen LogP contribution is -2.04. The highest BCUT2D eigenvalue weighted by Gasteiger charge is 2.23. The highest BCUT2D eigenvalue weighted by molar-refractivity contribution is 5.91. The maximum absolute atomic E-state index is 11.5. The van der Waals surface area contributed by atoms with Crippen LogP contribution in [0.5, 0.6) is 23.0 Å². The summed E-state index contributed by atoms with van der Waals surface area (Å²) in [5, 5.41) is 30.5. The molecule has 0 fully saturated rings. The van der Waals surface area contributed by atoms with Crippen LogP contribution in [0, 0.1) is 6.92 Å². The molecule has 0 atom stereocenters. The van der Waals surface area contributed by atoms with E-state index in [2.05, 4.69) is 0 Å². The molecule has 0 saturated heterocycles. The topological polar surface area (TPSA) is 114 Å². The monoisotopic (exact) mass is 446 g/mol. The van der Waals surface area contributed by atoms with Crippen LogP contribution >= 0.6 is 0 Å². The molecule has 33 heavy (non-hydrogen) atoms. The summed E-state index contributed by atoms with van der Waals surface area (Å²) in [6.45, 7) is 1.82. The van der Waals surface area contributed by atoms with Crippen molar-refractivity contribution in [2.75, 3.05) is 14.2 Å². The Morgan fingerprint density at radius 3 is 2.30 bits per heavy atom. The maximum Gasteiger partial charge on any atom is 0.339 e. The minimum Gasteiger partial charge on any atom is -0.507 e. The smallest absolute Gasteiger partial charge is 0.339 e. The fraction of sp³-hybridized carbons (Fsp3) is 0.120. The fourth-order valence-electron chi connectivity index (χ4n) is 3.74. The predicted octanol–water partition coefficient (Wildman–Crippen LogP) is 4.64. The number of phenols is 2. The molecule has 0 aliphatic carbocycles. The molecule has 8 heteroatoms. The number of carboxylic acids is 1. The van der Waals surface area contributed by atoms with E-state index in [1.165, 1.54) is 26.4 Å².